The Labute approximate surface area is 119 Å². The molecule has 20 heavy (non-hydrogen) atoms. The van der Waals surface area contributed by atoms with Crippen molar-refractivity contribution < 1.29 is 19.1 Å². The van der Waals surface area contributed by atoms with Crippen LogP contribution in [0.3, 0.4) is 0 Å². The molecule has 2 rings (SSSR count). The van der Waals surface area contributed by atoms with Gasteiger partial charge in [-0.25, -0.2) is 14.0 Å². The third-order valence-electron chi connectivity index (χ3n) is 3.04. The second-order valence-electron chi connectivity index (χ2n) is 4.56. The van der Waals surface area contributed by atoms with Gasteiger partial charge in [-0.3, -0.25) is 0 Å². The van der Waals surface area contributed by atoms with Crippen molar-refractivity contribution in [3.63, 3.8) is 0 Å². The van der Waals surface area contributed by atoms with E-state index in [0.717, 1.165) is 30.1 Å². The largest absolute Gasteiger partial charge is 0.478 e. The summed E-state index contributed by atoms with van der Waals surface area (Å²) in [5.74, 6) is 0.646. The summed E-state index contributed by atoms with van der Waals surface area (Å²) in [7, 11) is 0. The van der Waals surface area contributed by atoms with Crippen molar-refractivity contribution in [2.45, 2.75) is 6.42 Å². The zero-order valence-electron chi connectivity index (χ0n) is 10.7. The zero-order valence-corrected chi connectivity index (χ0v) is 11.5. The molecule has 3 N–H and O–H groups in total. The zero-order chi connectivity index (χ0) is 14.5. The highest BCUT2D eigenvalue weighted by atomic mass is 32.2. The molecule has 1 aliphatic rings. The molecule has 0 saturated carbocycles. The molecule has 1 aromatic rings. The van der Waals surface area contributed by atoms with Crippen LogP contribution < -0.4 is 10.6 Å². The van der Waals surface area contributed by atoms with E-state index in [1.54, 1.807) is 0 Å². The number of amides is 2. The Morgan fingerprint density at radius 3 is 2.90 bits per heavy atom. The Morgan fingerprint density at radius 2 is 2.25 bits per heavy atom. The maximum Gasteiger partial charge on any atom is 0.337 e. The van der Waals surface area contributed by atoms with Crippen LogP contribution in [0.25, 0.3) is 0 Å². The van der Waals surface area contributed by atoms with Gasteiger partial charge < -0.3 is 15.7 Å². The molecular weight excluding hydrogens is 283 g/mol. The number of rotatable bonds is 4. The number of anilines is 1. The Kier molecular flexibility index (Phi) is 4.84. The number of halogens is 1. The van der Waals surface area contributed by atoms with Crippen LogP contribution in [0, 0.1) is 11.7 Å². The van der Waals surface area contributed by atoms with Gasteiger partial charge in [0.2, 0.25) is 0 Å². The number of carboxylic acids is 1. The monoisotopic (exact) mass is 298 g/mol. The number of hydrogen-bond donors (Lipinski definition) is 3. The summed E-state index contributed by atoms with van der Waals surface area (Å²) in [6, 6.07) is 2.75. The third-order valence-corrected chi connectivity index (χ3v) is 4.27. The first-order chi connectivity index (χ1) is 9.56. The molecular formula is C13H15FN2O3S. The molecule has 0 aromatic heterocycles. The molecule has 1 unspecified atom stereocenters. The standard InChI is InChI=1S/C13H15FN2O3S/c14-9-1-2-11(10(5-9)12(17)18)16-13(19)15-6-8-3-4-20-7-8/h1-2,5,8H,3-4,6-7H2,(H,17,18)(H2,15,16,19). The molecule has 2 amide bonds. The number of benzene rings is 1. The maximum atomic E-state index is 13.0. The summed E-state index contributed by atoms with van der Waals surface area (Å²) in [6.45, 7) is 0.558. The highest BCUT2D eigenvalue weighted by Gasteiger charge is 2.17. The van der Waals surface area contributed by atoms with Crippen molar-refractivity contribution >= 4 is 29.4 Å². The van der Waals surface area contributed by atoms with Gasteiger partial charge in [-0.2, -0.15) is 11.8 Å². The van der Waals surface area contributed by atoms with E-state index in [9.17, 15) is 14.0 Å². The van der Waals surface area contributed by atoms with Crippen molar-refractivity contribution in [2.24, 2.45) is 5.92 Å². The average molecular weight is 298 g/mol. The van der Waals surface area contributed by atoms with Gasteiger partial charge in [0.05, 0.1) is 11.3 Å². The summed E-state index contributed by atoms with van der Waals surface area (Å²) < 4.78 is 13.0. The molecule has 1 atom stereocenters. The Balaban J connectivity index is 1.94. The first kappa shape index (κ1) is 14.6. The van der Waals surface area contributed by atoms with Gasteiger partial charge in [-0.1, -0.05) is 0 Å². The topological polar surface area (TPSA) is 78.4 Å². The molecule has 1 saturated heterocycles. The van der Waals surface area contributed by atoms with Crippen LogP contribution in [0.2, 0.25) is 0 Å². The lowest BCUT2D eigenvalue weighted by atomic mass is 10.1. The highest BCUT2D eigenvalue weighted by molar-refractivity contribution is 7.99. The third kappa shape index (κ3) is 3.86. The molecule has 0 radical (unpaired) electrons. The minimum Gasteiger partial charge on any atom is -0.478 e. The number of thioether (sulfide) groups is 1. The second-order valence-corrected chi connectivity index (χ2v) is 5.71. The maximum absolute atomic E-state index is 13.0. The van der Waals surface area contributed by atoms with E-state index in [2.05, 4.69) is 10.6 Å². The van der Waals surface area contributed by atoms with E-state index in [1.807, 2.05) is 11.8 Å². The van der Waals surface area contributed by atoms with E-state index in [-0.39, 0.29) is 11.3 Å². The van der Waals surface area contributed by atoms with Crippen LogP contribution >= 0.6 is 11.8 Å². The number of urea groups is 1. The van der Waals surface area contributed by atoms with Gasteiger partial charge >= 0.3 is 12.0 Å². The molecule has 0 spiro atoms. The van der Waals surface area contributed by atoms with Crippen LogP contribution in [0.5, 0.6) is 0 Å². The van der Waals surface area contributed by atoms with Gasteiger partial charge in [-0.15, -0.1) is 0 Å². The molecule has 1 aromatic carbocycles. The minimum atomic E-state index is -1.29. The number of carbonyl (C=O) groups is 2. The van der Waals surface area contributed by atoms with Crippen LogP contribution in [0.4, 0.5) is 14.9 Å². The van der Waals surface area contributed by atoms with Crippen molar-refractivity contribution in [1.29, 1.82) is 0 Å². The van der Waals surface area contributed by atoms with Crippen molar-refractivity contribution in [1.82, 2.24) is 5.32 Å². The van der Waals surface area contributed by atoms with Crippen LogP contribution in [0.15, 0.2) is 18.2 Å². The van der Waals surface area contributed by atoms with Crippen LogP contribution in [-0.2, 0) is 0 Å². The van der Waals surface area contributed by atoms with E-state index in [1.165, 1.54) is 6.07 Å². The molecule has 1 fully saturated rings. The summed E-state index contributed by atoms with van der Waals surface area (Å²) >= 11 is 1.85. The van der Waals surface area contributed by atoms with E-state index in [4.69, 9.17) is 5.11 Å². The number of carbonyl (C=O) groups excluding carboxylic acids is 1. The van der Waals surface area contributed by atoms with Gasteiger partial charge in [0.25, 0.3) is 0 Å². The summed E-state index contributed by atoms with van der Waals surface area (Å²) in [5.41, 5.74) is -0.186. The predicted octanol–water partition coefficient (Wildman–Crippen LogP) is 2.40. The number of hydrogen-bond acceptors (Lipinski definition) is 3. The molecule has 108 valence electrons. The fourth-order valence-corrected chi connectivity index (χ4v) is 3.23. The highest BCUT2D eigenvalue weighted by Crippen LogP contribution is 2.22. The summed E-state index contributed by atoms with van der Waals surface area (Å²) in [6.07, 6.45) is 1.07. The number of nitrogens with one attached hydrogen (secondary N) is 2. The van der Waals surface area contributed by atoms with E-state index < -0.39 is 17.8 Å². The lowest BCUT2D eigenvalue weighted by Crippen LogP contribution is -2.33. The lowest BCUT2D eigenvalue weighted by molar-refractivity contribution is 0.0697. The fraction of sp³-hybridized carbons (Fsp3) is 0.385. The Hall–Kier alpha value is -1.76. The molecule has 0 aliphatic carbocycles. The molecule has 0 bridgehead atoms. The Morgan fingerprint density at radius 1 is 1.45 bits per heavy atom. The Bertz CT molecular complexity index is 518. The van der Waals surface area contributed by atoms with Crippen LogP contribution in [-0.4, -0.2) is 35.2 Å². The fourth-order valence-electron chi connectivity index (χ4n) is 1.95. The first-order valence-corrected chi connectivity index (χ1v) is 7.37. The average Bonchev–Trinajstić information content (AvgIpc) is 2.91. The lowest BCUT2D eigenvalue weighted by Gasteiger charge is -2.12. The van der Waals surface area contributed by atoms with Gasteiger partial charge in [0.15, 0.2) is 0 Å². The summed E-state index contributed by atoms with van der Waals surface area (Å²) in [4.78, 5) is 22.7. The normalized spacial score (nSPS) is 17.8. The van der Waals surface area contributed by atoms with Crippen molar-refractivity contribution in [3.8, 4) is 0 Å². The quantitative estimate of drug-likeness (QED) is 0.797. The van der Waals surface area contributed by atoms with Gasteiger partial charge in [0, 0.05) is 6.54 Å². The van der Waals surface area contributed by atoms with Gasteiger partial charge in [0.1, 0.15) is 5.82 Å². The smallest absolute Gasteiger partial charge is 0.337 e. The first-order valence-electron chi connectivity index (χ1n) is 6.21. The number of carboxylic acid groups (broad SMARTS) is 1. The predicted molar refractivity (Wildman–Crippen MR) is 75.8 cm³/mol. The number of aromatic carboxylic acids is 1. The SMILES string of the molecule is O=C(NCC1CCSC1)Nc1ccc(F)cc1C(=O)O. The second kappa shape index (κ2) is 6.60. The van der Waals surface area contributed by atoms with Crippen molar-refractivity contribution in [2.75, 3.05) is 23.4 Å². The summed E-state index contributed by atoms with van der Waals surface area (Å²) in [5, 5.41) is 14.1. The molecule has 5 nitrogen and oxygen atoms in total. The van der Waals surface area contributed by atoms with Crippen LogP contribution in [0.1, 0.15) is 16.8 Å². The molecule has 7 heteroatoms. The molecule has 1 heterocycles. The van der Waals surface area contributed by atoms with E-state index >= 15 is 0 Å². The van der Waals surface area contributed by atoms with E-state index in [0.29, 0.717) is 12.5 Å². The van der Waals surface area contributed by atoms with Gasteiger partial charge in [-0.05, 0) is 42.0 Å². The minimum absolute atomic E-state index is 0.0807. The van der Waals surface area contributed by atoms with Crippen molar-refractivity contribution in [3.05, 3.63) is 29.6 Å². The molecule has 1 aliphatic heterocycles.